The van der Waals surface area contributed by atoms with Crippen molar-refractivity contribution in [1.82, 2.24) is 0 Å². The van der Waals surface area contributed by atoms with Gasteiger partial charge in [0.2, 0.25) is 0 Å². The maximum atomic E-state index is 10.9. The van der Waals surface area contributed by atoms with Crippen LogP contribution in [0.3, 0.4) is 0 Å². The number of rotatable bonds is 3. The second kappa shape index (κ2) is 3.43. The first-order valence-corrected chi connectivity index (χ1v) is 4.50. The second-order valence-electron chi connectivity index (χ2n) is 3.44. The van der Waals surface area contributed by atoms with Crippen molar-refractivity contribution in [3.63, 3.8) is 0 Å². The van der Waals surface area contributed by atoms with Gasteiger partial charge in [-0.3, -0.25) is 14.9 Å². The summed E-state index contributed by atoms with van der Waals surface area (Å²) in [6.45, 7) is 1.47. The molecule has 1 fully saturated rings. The largest absolute Gasteiger partial charge is 0.356 e. The second-order valence-corrected chi connectivity index (χ2v) is 3.44. The first-order valence-electron chi connectivity index (χ1n) is 4.50. The third kappa shape index (κ3) is 1.87. The Labute approximate surface area is 85.8 Å². The van der Waals surface area contributed by atoms with Crippen LogP contribution in [0.5, 0.6) is 0 Å². The minimum Gasteiger partial charge on any atom is -0.356 e. The van der Waals surface area contributed by atoms with Gasteiger partial charge < -0.3 is 4.74 Å². The molecule has 0 aromatic heterocycles. The average Bonchev–Trinajstić information content (AvgIpc) is 2.97. The minimum atomic E-state index is -0.458. The van der Waals surface area contributed by atoms with E-state index in [2.05, 4.69) is 0 Å². The first kappa shape index (κ1) is 9.79. The molecule has 2 rings (SSSR count). The molecule has 0 bridgehead atoms. The Morgan fingerprint density at radius 3 is 2.40 bits per heavy atom. The van der Waals surface area contributed by atoms with Gasteiger partial charge in [-0.25, -0.2) is 0 Å². The van der Waals surface area contributed by atoms with Crippen LogP contribution in [-0.2, 0) is 9.53 Å². The normalized spacial score (nSPS) is 23.5. The van der Waals surface area contributed by atoms with Crippen molar-refractivity contribution < 1.29 is 14.5 Å². The molecule has 0 radical (unpaired) electrons. The Hall–Kier alpha value is -1.75. The summed E-state index contributed by atoms with van der Waals surface area (Å²) in [5.41, 5.74) is 0.847. The molecule has 0 saturated carbocycles. The first-order chi connectivity index (χ1) is 7.09. The summed E-state index contributed by atoms with van der Waals surface area (Å²) in [5, 5.41) is 10.4. The number of hydrogen-bond acceptors (Lipinski definition) is 4. The van der Waals surface area contributed by atoms with Crippen LogP contribution in [0.15, 0.2) is 24.3 Å². The van der Waals surface area contributed by atoms with E-state index in [0.717, 1.165) is 5.56 Å². The zero-order valence-electron chi connectivity index (χ0n) is 8.04. The van der Waals surface area contributed by atoms with Crippen LogP contribution in [0.25, 0.3) is 0 Å². The van der Waals surface area contributed by atoms with E-state index in [1.54, 1.807) is 12.1 Å². The molecular weight excluding hydrogens is 198 g/mol. The zero-order chi connectivity index (χ0) is 11.0. The SMILES string of the molecule is CC(=O)[C@H]1O[C@H]1c1ccc([N+](=O)[O-])cc1. The monoisotopic (exact) mass is 207 g/mol. The quantitative estimate of drug-likeness (QED) is 0.429. The highest BCUT2D eigenvalue weighted by Crippen LogP contribution is 2.39. The van der Waals surface area contributed by atoms with Crippen LogP contribution >= 0.6 is 0 Å². The van der Waals surface area contributed by atoms with E-state index in [-0.39, 0.29) is 23.7 Å². The maximum absolute atomic E-state index is 10.9. The summed E-state index contributed by atoms with van der Waals surface area (Å²) >= 11 is 0. The standard InChI is InChI=1S/C10H9NO4/c1-6(12)9-10(15-9)7-2-4-8(5-3-7)11(13)14/h2-5,9-10H,1H3/t9-,10+/m1/s1. The molecule has 15 heavy (non-hydrogen) atoms. The number of Topliss-reactive ketones (excluding diaryl/α,β-unsaturated/α-hetero) is 1. The molecule has 1 aliphatic heterocycles. The fourth-order valence-electron chi connectivity index (χ4n) is 1.46. The molecule has 2 atom stereocenters. The third-order valence-corrected chi connectivity index (χ3v) is 2.32. The van der Waals surface area contributed by atoms with E-state index in [4.69, 9.17) is 4.74 Å². The number of benzene rings is 1. The molecule has 1 aliphatic rings. The van der Waals surface area contributed by atoms with E-state index in [0.29, 0.717) is 0 Å². The van der Waals surface area contributed by atoms with E-state index < -0.39 is 4.92 Å². The number of ketones is 1. The van der Waals surface area contributed by atoms with Gasteiger partial charge in [-0.1, -0.05) is 0 Å². The Morgan fingerprint density at radius 1 is 1.40 bits per heavy atom. The average molecular weight is 207 g/mol. The highest BCUT2D eigenvalue weighted by atomic mass is 16.6. The van der Waals surface area contributed by atoms with Gasteiger partial charge in [0.1, 0.15) is 12.2 Å². The van der Waals surface area contributed by atoms with E-state index in [1.165, 1.54) is 19.1 Å². The molecule has 1 aromatic rings. The Bertz CT molecular complexity index is 412. The highest BCUT2D eigenvalue weighted by Gasteiger charge is 2.43. The number of hydrogen-bond donors (Lipinski definition) is 0. The van der Waals surface area contributed by atoms with Crippen LogP contribution in [0.4, 0.5) is 5.69 Å². The van der Waals surface area contributed by atoms with Crippen molar-refractivity contribution >= 4 is 11.5 Å². The van der Waals surface area contributed by atoms with Crippen LogP contribution in [0, 0.1) is 10.1 Å². The number of nitrogens with zero attached hydrogens (tertiary/aromatic N) is 1. The van der Waals surface area contributed by atoms with E-state index in [1.807, 2.05) is 0 Å². The number of non-ortho nitro benzene ring substituents is 1. The molecule has 0 spiro atoms. The van der Waals surface area contributed by atoms with Crippen molar-refractivity contribution in [2.24, 2.45) is 0 Å². The molecule has 0 unspecified atom stereocenters. The Kier molecular flexibility index (Phi) is 2.24. The molecule has 5 nitrogen and oxygen atoms in total. The van der Waals surface area contributed by atoms with Crippen LogP contribution in [0.2, 0.25) is 0 Å². The van der Waals surface area contributed by atoms with Gasteiger partial charge in [-0.2, -0.15) is 0 Å². The number of epoxide rings is 1. The molecule has 78 valence electrons. The van der Waals surface area contributed by atoms with Crippen molar-refractivity contribution in [2.75, 3.05) is 0 Å². The van der Waals surface area contributed by atoms with Crippen molar-refractivity contribution in [1.29, 1.82) is 0 Å². The predicted octanol–water partition coefficient (Wildman–Crippen LogP) is 1.62. The maximum Gasteiger partial charge on any atom is 0.269 e. The van der Waals surface area contributed by atoms with Crippen molar-refractivity contribution in [2.45, 2.75) is 19.1 Å². The van der Waals surface area contributed by atoms with Crippen LogP contribution in [0.1, 0.15) is 18.6 Å². The smallest absolute Gasteiger partial charge is 0.269 e. The highest BCUT2D eigenvalue weighted by molar-refractivity contribution is 5.83. The number of carbonyl (C=O) groups excluding carboxylic acids is 1. The van der Waals surface area contributed by atoms with Gasteiger partial charge in [0.15, 0.2) is 5.78 Å². The summed E-state index contributed by atoms with van der Waals surface area (Å²) < 4.78 is 5.15. The molecule has 0 amide bonds. The number of carbonyl (C=O) groups is 1. The summed E-state index contributed by atoms with van der Waals surface area (Å²) in [7, 11) is 0. The summed E-state index contributed by atoms with van der Waals surface area (Å²) in [6.07, 6.45) is -0.588. The Morgan fingerprint density at radius 2 is 2.00 bits per heavy atom. The van der Waals surface area contributed by atoms with Crippen LogP contribution in [-0.4, -0.2) is 16.8 Å². The van der Waals surface area contributed by atoms with Gasteiger partial charge >= 0.3 is 0 Å². The fourth-order valence-corrected chi connectivity index (χ4v) is 1.46. The van der Waals surface area contributed by atoms with Gasteiger partial charge in [0, 0.05) is 12.1 Å². The van der Waals surface area contributed by atoms with Gasteiger partial charge in [0.25, 0.3) is 5.69 Å². The number of nitro benzene ring substituents is 1. The predicted molar refractivity (Wildman–Crippen MR) is 51.4 cm³/mol. The van der Waals surface area contributed by atoms with Gasteiger partial charge in [-0.15, -0.1) is 0 Å². The summed E-state index contributed by atoms with van der Waals surface area (Å²) in [6, 6.07) is 6.06. The van der Waals surface area contributed by atoms with Crippen LogP contribution < -0.4 is 0 Å². The lowest BCUT2D eigenvalue weighted by atomic mass is 10.1. The zero-order valence-corrected chi connectivity index (χ0v) is 8.04. The van der Waals surface area contributed by atoms with Crippen molar-refractivity contribution in [3.05, 3.63) is 39.9 Å². The van der Waals surface area contributed by atoms with E-state index in [9.17, 15) is 14.9 Å². The Balaban J connectivity index is 2.12. The topological polar surface area (TPSA) is 72.7 Å². The number of ether oxygens (including phenoxy) is 1. The lowest BCUT2D eigenvalue weighted by Gasteiger charge is -1.94. The molecule has 1 heterocycles. The van der Waals surface area contributed by atoms with Gasteiger partial charge in [-0.05, 0) is 24.6 Å². The fraction of sp³-hybridized carbons (Fsp3) is 0.300. The number of nitro groups is 1. The molecule has 1 aromatic carbocycles. The lowest BCUT2D eigenvalue weighted by Crippen LogP contribution is -2.00. The molecule has 5 heteroatoms. The third-order valence-electron chi connectivity index (χ3n) is 2.32. The minimum absolute atomic E-state index is 0.0154. The summed E-state index contributed by atoms with van der Waals surface area (Å²) in [4.78, 5) is 20.9. The van der Waals surface area contributed by atoms with Crippen molar-refractivity contribution in [3.8, 4) is 0 Å². The molecule has 1 saturated heterocycles. The molecule has 0 aliphatic carbocycles. The molecule has 0 N–H and O–H groups in total. The molecular formula is C10H9NO4. The summed E-state index contributed by atoms with van der Waals surface area (Å²) in [5.74, 6) is -0.0154. The van der Waals surface area contributed by atoms with Gasteiger partial charge in [0.05, 0.1) is 4.92 Å². The van der Waals surface area contributed by atoms with E-state index >= 15 is 0 Å². The lowest BCUT2D eigenvalue weighted by molar-refractivity contribution is -0.384.